The van der Waals surface area contributed by atoms with Gasteiger partial charge in [0, 0.05) is 25.3 Å². The zero-order chi connectivity index (χ0) is 16.8. The van der Waals surface area contributed by atoms with Crippen LogP contribution in [0.1, 0.15) is 26.7 Å². The fraction of sp³-hybridized carbons (Fsp3) is 0.733. The molecule has 22 heavy (non-hydrogen) atoms. The standard InChI is InChI=1S/C13H24N4O2S.C2H6/c1-11(16-13(14)20-2)10-12(18)15-4-3-5-17-6-8-19-9-7-17;1-2/h1,3-10H2,2H3,(H2,14,16)(H,15,18);1-2H3. The van der Waals surface area contributed by atoms with Crippen molar-refractivity contribution in [3.05, 3.63) is 12.3 Å². The largest absolute Gasteiger partial charge is 0.379 e. The Morgan fingerprint density at radius 1 is 1.41 bits per heavy atom. The number of carbonyl (C=O) groups is 1. The minimum atomic E-state index is -0.0605. The molecule has 1 heterocycles. The van der Waals surface area contributed by atoms with Crippen LogP contribution < -0.4 is 11.1 Å². The lowest BCUT2D eigenvalue weighted by atomic mass is 10.3. The first-order valence-electron chi connectivity index (χ1n) is 7.74. The summed E-state index contributed by atoms with van der Waals surface area (Å²) in [4.78, 5) is 18.0. The van der Waals surface area contributed by atoms with E-state index in [0.717, 1.165) is 39.3 Å². The van der Waals surface area contributed by atoms with Crippen LogP contribution in [0, 0.1) is 0 Å². The highest BCUT2D eigenvalue weighted by Gasteiger charge is 2.09. The van der Waals surface area contributed by atoms with Gasteiger partial charge in [0.2, 0.25) is 5.91 Å². The van der Waals surface area contributed by atoms with Gasteiger partial charge < -0.3 is 15.8 Å². The van der Waals surface area contributed by atoms with Gasteiger partial charge in [0.25, 0.3) is 0 Å². The molecule has 6 nitrogen and oxygen atoms in total. The first-order chi connectivity index (χ1) is 10.6. The van der Waals surface area contributed by atoms with Crippen molar-refractivity contribution < 1.29 is 9.53 Å². The average molecular weight is 330 g/mol. The van der Waals surface area contributed by atoms with Gasteiger partial charge in [-0.25, -0.2) is 4.99 Å². The molecule has 0 aromatic heterocycles. The van der Waals surface area contributed by atoms with Gasteiger partial charge in [-0.2, -0.15) is 0 Å². The normalized spacial score (nSPS) is 15.7. The number of carbonyl (C=O) groups excluding carboxylic acids is 1. The van der Waals surface area contributed by atoms with Crippen molar-refractivity contribution >= 4 is 22.8 Å². The quantitative estimate of drug-likeness (QED) is 0.419. The van der Waals surface area contributed by atoms with Gasteiger partial charge in [0.15, 0.2) is 5.17 Å². The molecule has 0 bridgehead atoms. The third-order valence-corrected chi connectivity index (χ3v) is 3.43. The van der Waals surface area contributed by atoms with Crippen LogP contribution in [0.5, 0.6) is 0 Å². The van der Waals surface area contributed by atoms with Crippen LogP contribution >= 0.6 is 11.8 Å². The fourth-order valence-corrected chi connectivity index (χ4v) is 2.06. The van der Waals surface area contributed by atoms with Gasteiger partial charge in [-0.15, -0.1) is 0 Å². The van der Waals surface area contributed by atoms with E-state index in [4.69, 9.17) is 10.5 Å². The van der Waals surface area contributed by atoms with Crippen molar-refractivity contribution in [3.8, 4) is 0 Å². The summed E-state index contributed by atoms with van der Waals surface area (Å²) in [6.07, 6.45) is 2.96. The highest BCUT2D eigenvalue weighted by molar-refractivity contribution is 8.13. The lowest BCUT2D eigenvalue weighted by Gasteiger charge is -2.26. The van der Waals surface area contributed by atoms with Gasteiger partial charge in [-0.3, -0.25) is 9.69 Å². The van der Waals surface area contributed by atoms with Crippen molar-refractivity contribution in [1.82, 2.24) is 10.2 Å². The topological polar surface area (TPSA) is 80.0 Å². The second-order valence-corrected chi connectivity index (χ2v) is 5.38. The molecule has 0 spiro atoms. The molecule has 0 atom stereocenters. The zero-order valence-corrected chi connectivity index (χ0v) is 14.9. The van der Waals surface area contributed by atoms with Crippen LogP contribution in [0.4, 0.5) is 0 Å². The molecule has 0 saturated carbocycles. The Kier molecular flexibility index (Phi) is 13.0. The number of amidine groups is 1. The first-order valence-corrected chi connectivity index (χ1v) is 8.97. The number of nitrogens with zero attached hydrogens (tertiary/aromatic N) is 2. The van der Waals surface area contributed by atoms with Crippen molar-refractivity contribution in [1.29, 1.82) is 0 Å². The van der Waals surface area contributed by atoms with E-state index in [9.17, 15) is 4.79 Å². The first kappa shape index (κ1) is 20.9. The number of nitrogens with two attached hydrogens (primary N) is 1. The number of hydrogen-bond donors (Lipinski definition) is 2. The summed E-state index contributed by atoms with van der Waals surface area (Å²) < 4.78 is 5.28. The maximum Gasteiger partial charge on any atom is 0.225 e. The van der Waals surface area contributed by atoms with Gasteiger partial charge in [-0.05, 0) is 19.2 Å². The number of hydrogen-bond acceptors (Lipinski definition) is 5. The van der Waals surface area contributed by atoms with Gasteiger partial charge >= 0.3 is 0 Å². The monoisotopic (exact) mass is 330 g/mol. The van der Waals surface area contributed by atoms with E-state index in [0.29, 0.717) is 17.4 Å². The van der Waals surface area contributed by atoms with Crippen molar-refractivity contribution in [2.24, 2.45) is 10.7 Å². The Labute approximate surface area is 138 Å². The van der Waals surface area contributed by atoms with Crippen LogP contribution in [-0.4, -0.2) is 61.6 Å². The van der Waals surface area contributed by atoms with E-state index in [1.165, 1.54) is 11.8 Å². The SMILES string of the molecule is C=C(CC(=O)NCCCN1CCOCC1)N=C(N)SC.CC. The Hall–Kier alpha value is -1.05. The molecule has 1 saturated heterocycles. The fourth-order valence-electron chi connectivity index (χ4n) is 1.84. The molecular formula is C15H30N4O2S. The zero-order valence-electron chi connectivity index (χ0n) is 14.1. The molecule has 0 aliphatic carbocycles. The van der Waals surface area contributed by atoms with Crippen molar-refractivity contribution in [3.63, 3.8) is 0 Å². The van der Waals surface area contributed by atoms with Gasteiger partial charge in [0.1, 0.15) is 0 Å². The molecule has 0 unspecified atom stereocenters. The summed E-state index contributed by atoms with van der Waals surface area (Å²) in [5.41, 5.74) is 6.05. The van der Waals surface area contributed by atoms with Crippen LogP contribution in [0.2, 0.25) is 0 Å². The average Bonchev–Trinajstić information content (AvgIpc) is 2.54. The highest BCUT2D eigenvalue weighted by atomic mass is 32.2. The smallest absolute Gasteiger partial charge is 0.225 e. The molecular weight excluding hydrogens is 300 g/mol. The van der Waals surface area contributed by atoms with E-state index >= 15 is 0 Å². The minimum absolute atomic E-state index is 0.0605. The van der Waals surface area contributed by atoms with Crippen LogP contribution in [-0.2, 0) is 9.53 Å². The molecule has 1 aliphatic heterocycles. The highest BCUT2D eigenvalue weighted by Crippen LogP contribution is 2.03. The molecule has 7 heteroatoms. The second kappa shape index (κ2) is 13.6. The third-order valence-electron chi connectivity index (χ3n) is 2.92. The lowest BCUT2D eigenvalue weighted by Crippen LogP contribution is -2.38. The van der Waals surface area contributed by atoms with Gasteiger partial charge in [0.05, 0.1) is 19.6 Å². The summed E-state index contributed by atoms with van der Waals surface area (Å²) in [6.45, 7) is 13.0. The Morgan fingerprint density at radius 3 is 2.64 bits per heavy atom. The van der Waals surface area contributed by atoms with E-state index < -0.39 is 0 Å². The Morgan fingerprint density at radius 2 is 2.05 bits per heavy atom. The Balaban J connectivity index is 0.00000211. The van der Waals surface area contributed by atoms with Crippen LogP contribution in [0.25, 0.3) is 0 Å². The molecule has 1 fully saturated rings. The van der Waals surface area contributed by atoms with E-state index in [1.54, 1.807) is 0 Å². The summed E-state index contributed by atoms with van der Waals surface area (Å²) >= 11 is 1.34. The number of morpholine rings is 1. The molecule has 0 radical (unpaired) electrons. The summed E-state index contributed by atoms with van der Waals surface area (Å²) in [7, 11) is 0. The number of amides is 1. The maximum atomic E-state index is 11.7. The molecule has 1 amide bonds. The number of thioether (sulfide) groups is 1. The lowest BCUT2D eigenvalue weighted by molar-refractivity contribution is -0.120. The molecule has 1 rings (SSSR count). The number of rotatable bonds is 7. The van der Waals surface area contributed by atoms with E-state index in [2.05, 4.69) is 21.8 Å². The van der Waals surface area contributed by atoms with E-state index in [1.807, 2.05) is 20.1 Å². The maximum absolute atomic E-state index is 11.7. The third kappa shape index (κ3) is 10.6. The minimum Gasteiger partial charge on any atom is -0.379 e. The summed E-state index contributed by atoms with van der Waals surface area (Å²) in [5.74, 6) is -0.0605. The predicted octanol–water partition coefficient (Wildman–Crippen LogP) is 1.43. The summed E-state index contributed by atoms with van der Waals surface area (Å²) in [5, 5.41) is 3.30. The predicted molar refractivity (Wildman–Crippen MR) is 95.1 cm³/mol. The molecule has 128 valence electrons. The van der Waals surface area contributed by atoms with Gasteiger partial charge in [-0.1, -0.05) is 32.2 Å². The molecule has 1 aliphatic rings. The number of aliphatic imine (C=N–C) groups is 1. The molecule has 0 aromatic rings. The Bertz CT molecular complexity index is 355. The molecule has 0 aromatic carbocycles. The number of nitrogens with one attached hydrogen (secondary N) is 1. The van der Waals surface area contributed by atoms with E-state index in [-0.39, 0.29) is 12.3 Å². The number of ether oxygens (including phenoxy) is 1. The van der Waals surface area contributed by atoms with Crippen molar-refractivity contribution in [2.75, 3.05) is 45.6 Å². The van der Waals surface area contributed by atoms with Crippen molar-refractivity contribution in [2.45, 2.75) is 26.7 Å². The molecule has 3 N–H and O–H groups in total. The summed E-state index contributed by atoms with van der Waals surface area (Å²) in [6, 6.07) is 0. The van der Waals surface area contributed by atoms with Crippen LogP contribution in [0.15, 0.2) is 17.3 Å². The second-order valence-electron chi connectivity index (χ2n) is 4.55. The van der Waals surface area contributed by atoms with Crippen LogP contribution in [0.3, 0.4) is 0 Å².